The van der Waals surface area contributed by atoms with E-state index in [9.17, 15) is 4.79 Å². The molecule has 0 aliphatic rings. The van der Waals surface area contributed by atoms with Crippen molar-refractivity contribution in [2.75, 3.05) is 6.61 Å². The van der Waals surface area contributed by atoms with Crippen molar-refractivity contribution in [3.63, 3.8) is 0 Å². The highest BCUT2D eigenvalue weighted by atomic mass is 35.5. The average molecular weight is 347 g/mol. The Kier molecular flexibility index (Phi) is 6.68. The lowest BCUT2D eigenvalue weighted by atomic mass is 10.0. The zero-order valence-electron chi connectivity index (χ0n) is 14.3. The van der Waals surface area contributed by atoms with Crippen LogP contribution in [0.15, 0.2) is 42.5 Å². The minimum Gasteiger partial charge on any atom is -0.494 e. The highest BCUT2D eigenvalue weighted by molar-refractivity contribution is 6.31. The number of halogens is 1. The summed E-state index contributed by atoms with van der Waals surface area (Å²) in [6.07, 6.45) is 0.920. The van der Waals surface area contributed by atoms with Crippen LogP contribution in [0.4, 0.5) is 0 Å². The Morgan fingerprint density at radius 1 is 1.08 bits per heavy atom. The van der Waals surface area contributed by atoms with E-state index in [4.69, 9.17) is 21.1 Å². The van der Waals surface area contributed by atoms with E-state index in [1.54, 1.807) is 18.2 Å². The molecule has 0 bridgehead atoms. The van der Waals surface area contributed by atoms with Crippen LogP contribution in [0, 0.1) is 6.92 Å². The van der Waals surface area contributed by atoms with Gasteiger partial charge in [0.2, 0.25) is 0 Å². The maximum absolute atomic E-state index is 11.8. The fourth-order valence-corrected chi connectivity index (χ4v) is 2.34. The second-order valence-corrected chi connectivity index (χ2v) is 6.47. The van der Waals surface area contributed by atoms with E-state index < -0.39 is 0 Å². The Hall–Kier alpha value is -2.00. The largest absolute Gasteiger partial charge is 0.494 e. The number of benzene rings is 2. The molecule has 0 aliphatic carbocycles. The van der Waals surface area contributed by atoms with Crippen LogP contribution in [-0.4, -0.2) is 12.6 Å². The van der Waals surface area contributed by atoms with Crippen LogP contribution in [-0.2, 0) is 4.79 Å². The monoisotopic (exact) mass is 346 g/mol. The quantitative estimate of drug-likeness (QED) is 0.375. The average Bonchev–Trinajstić information content (AvgIpc) is 2.55. The van der Waals surface area contributed by atoms with E-state index in [2.05, 4.69) is 26.0 Å². The van der Waals surface area contributed by atoms with Crippen molar-refractivity contribution in [2.24, 2.45) is 0 Å². The van der Waals surface area contributed by atoms with Gasteiger partial charge in [0.25, 0.3) is 0 Å². The van der Waals surface area contributed by atoms with Gasteiger partial charge in [-0.2, -0.15) is 0 Å². The molecule has 0 saturated carbocycles. The van der Waals surface area contributed by atoms with Crippen LogP contribution in [0.5, 0.6) is 11.5 Å². The molecule has 0 aliphatic heterocycles. The SMILES string of the molecule is Cc1cc(OC(=O)CCCOc2ccc(C(C)C)cc2)ccc1Cl. The predicted molar refractivity (Wildman–Crippen MR) is 97.1 cm³/mol. The van der Waals surface area contributed by atoms with Gasteiger partial charge in [0.05, 0.1) is 6.61 Å². The minimum absolute atomic E-state index is 0.268. The highest BCUT2D eigenvalue weighted by Gasteiger charge is 2.07. The van der Waals surface area contributed by atoms with Gasteiger partial charge >= 0.3 is 5.97 Å². The van der Waals surface area contributed by atoms with Crippen LogP contribution in [0.3, 0.4) is 0 Å². The Balaban J connectivity index is 1.71. The van der Waals surface area contributed by atoms with Crippen molar-refractivity contribution in [2.45, 2.75) is 39.5 Å². The third-order valence-corrected chi connectivity index (χ3v) is 4.13. The van der Waals surface area contributed by atoms with Crippen molar-refractivity contribution in [3.8, 4) is 11.5 Å². The maximum atomic E-state index is 11.8. The number of aryl methyl sites for hydroxylation is 1. The molecule has 2 aromatic rings. The first kappa shape index (κ1) is 18.3. The third-order valence-electron chi connectivity index (χ3n) is 3.70. The first-order valence-electron chi connectivity index (χ1n) is 8.15. The van der Waals surface area contributed by atoms with Crippen LogP contribution >= 0.6 is 11.6 Å². The smallest absolute Gasteiger partial charge is 0.311 e. The summed E-state index contributed by atoms with van der Waals surface area (Å²) in [7, 11) is 0. The lowest BCUT2D eigenvalue weighted by Gasteiger charge is -2.09. The molecule has 24 heavy (non-hydrogen) atoms. The van der Waals surface area contributed by atoms with Crippen molar-refractivity contribution >= 4 is 17.6 Å². The zero-order valence-corrected chi connectivity index (χ0v) is 15.1. The molecule has 0 spiro atoms. The summed E-state index contributed by atoms with van der Waals surface area (Å²) in [6, 6.07) is 13.2. The van der Waals surface area contributed by atoms with Crippen molar-refractivity contribution in [3.05, 3.63) is 58.6 Å². The van der Waals surface area contributed by atoms with Crippen molar-refractivity contribution < 1.29 is 14.3 Å². The zero-order chi connectivity index (χ0) is 17.5. The van der Waals surface area contributed by atoms with E-state index in [0.717, 1.165) is 11.3 Å². The molecule has 0 radical (unpaired) electrons. The lowest BCUT2D eigenvalue weighted by Crippen LogP contribution is -2.10. The Bertz CT molecular complexity index is 678. The number of rotatable bonds is 7. The number of carbonyl (C=O) groups excluding carboxylic acids is 1. The lowest BCUT2D eigenvalue weighted by molar-refractivity contribution is -0.134. The maximum Gasteiger partial charge on any atom is 0.311 e. The minimum atomic E-state index is -0.268. The summed E-state index contributed by atoms with van der Waals surface area (Å²) < 4.78 is 10.9. The van der Waals surface area contributed by atoms with E-state index in [1.165, 1.54) is 5.56 Å². The fourth-order valence-electron chi connectivity index (χ4n) is 2.22. The number of hydrogen-bond acceptors (Lipinski definition) is 3. The van der Waals surface area contributed by atoms with Crippen LogP contribution in [0.2, 0.25) is 5.02 Å². The molecule has 0 amide bonds. The van der Waals surface area contributed by atoms with Gasteiger partial charge in [-0.25, -0.2) is 0 Å². The van der Waals surface area contributed by atoms with E-state index in [0.29, 0.717) is 36.1 Å². The van der Waals surface area contributed by atoms with Crippen LogP contribution in [0.25, 0.3) is 0 Å². The summed E-state index contributed by atoms with van der Waals surface area (Å²) in [5.41, 5.74) is 2.17. The van der Waals surface area contributed by atoms with E-state index in [1.807, 2.05) is 19.1 Å². The summed E-state index contributed by atoms with van der Waals surface area (Å²) >= 11 is 5.95. The predicted octanol–water partition coefficient (Wildman–Crippen LogP) is 5.54. The number of hydrogen-bond donors (Lipinski definition) is 0. The molecule has 128 valence electrons. The van der Waals surface area contributed by atoms with Gasteiger partial charge in [-0.1, -0.05) is 37.6 Å². The Morgan fingerprint density at radius 3 is 2.38 bits per heavy atom. The number of esters is 1. The van der Waals surface area contributed by atoms with Crippen molar-refractivity contribution in [1.82, 2.24) is 0 Å². The topological polar surface area (TPSA) is 35.5 Å². The van der Waals surface area contributed by atoms with Crippen LogP contribution in [0.1, 0.15) is 43.7 Å². The summed E-state index contributed by atoms with van der Waals surface area (Å²) in [5.74, 6) is 1.58. The first-order valence-corrected chi connectivity index (χ1v) is 8.53. The molecular weight excluding hydrogens is 324 g/mol. The summed E-state index contributed by atoms with van der Waals surface area (Å²) in [6.45, 7) is 6.67. The molecular formula is C20H23ClO3. The molecule has 3 nitrogen and oxygen atoms in total. The van der Waals surface area contributed by atoms with Gasteiger partial charge in [-0.15, -0.1) is 0 Å². The number of ether oxygens (including phenoxy) is 2. The van der Waals surface area contributed by atoms with Gasteiger partial charge < -0.3 is 9.47 Å². The van der Waals surface area contributed by atoms with E-state index >= 15 is 0 Å². The molecule has 2 aromatic carbocycles. The normalized spacial score (nSPS) is 10.7. The third kappa shape index (κ3) is 5.57. The molecule has 0 N–H and O–H groups in total. The van der Waals surface area contributed by atoms with Crippen LogP contribution < -0.4 is 9.47 Å². The molecule has 0 fully saturated rings. The first-order chi connectivity index (χ1) is 11.5. The number of carbonyl (C=O) groups is 1. The van der Waals surface area contributed by atoms with Gasteiger partial charge in [0.15, 0.2) is 0 Å². The van der Waals surface area contributed by atoms with Gasteiger partial charge in [0, 0.05) is 11.4 Å². The van der Waals surface area contributed by atoms with Gasteiger partial charge in [0.1, 0.15) is 11.5 Å². The van der Waals surface area contributed by atoms with Gasteiger partial charge in [-0.3, -0.25) is 4.79 Å². The Morgan fingerprint density at radius 2 is 1.75 bits per heavy atom. The molecule has 0 heterocycles. The molecule has 0 atom stereocenters. The molecule has 0 aromatic heterocycles. The molecule has 0 unspecified atom stereocenters. The second-order valence-electron chi connectivity index (χ2n) is 6.06. The summed E-state index contributed by atoms with van der Waals surface area (Å²) in [4.78, 5) is 11.8. The molecule has 2 rings (SSSR count). The highest BCUT2D eigenvalue weighted by Crippen LogP contribution is 2.22. The van der Waals surface area contributed by atoms with Gasteiger partial charge in [-0.05, 0) is 60.7 Å². The standard InChI is InChI=1S/C20H23ClO3/c1-14(2)16-6-8-17(9-7-16)23-12-4-5-20(22)24-18-10-11-19(21)15(3)13-18/h6-11,13-14H,4-5,12H2,1-3H3. The summed E-state index contributed by atoms with van der Waals surface area (Å²) in [5, 5.41) is 0.659. The van der Waals surface area contributed by atoms with E-state index in [-0.39, 0.29) is 5.97 Å². The second kappa shape index (κ2) is 8.74. The molecule has 0 saturated heterocycles. The molecule has 4 heteroatoms. The fraction of sp³-hybridized carbons (Fsp3) is 0.350. The van der Waals surface area contributed by atoms with Crippen molar-refractivity contribution in [1.29, 1.82) is 0 Å². The Labute approximate surface area is 148 Å².